The fraction of sp³-hybridized carbons (Fsp3) is 0.278. The Morgan fingerprint density at radius 1 is 1.04 bits per heavy atom. The predicted molar refractivity (Wildman–Crippen MR) is 102 cm³/mol. The van der Waals surface area contributed by atoms with Crippen LogP contribution in [0.1, 0.15) is 18.4 Å². The van der Waals surface area contributed by atoms with E-state index in [1.165, 1.54) is 0 Å². The minimum absolute atomic E-state index is 0.672. The molecule has 1 aliphatic heterocycles. The van der Waals surface area contributed by atoms with Crippen LogP contribution < -0.4 is 5.32 Å². The molecule has 1 saturated heterocycles. The molecule has 0 radical (unpaired) electrons. The van der Waals surface area contributed by atoms with Gasteiger partial charge in [-0.15, -0.1) is 0 Å². The molecule has 3 nitrogen and oxygen atoms in total. The van der Waals surface area contributed by atoms with Crippen LogP contribution in [-0.4, -0.2) is 28.2 Å². The van der Waals surface area contributed by atoms with Gasteiger partial charge >= 0.3 is 0 Å². The SMILES string of the molecule is OC1(c2ccc(Br)cc2)CCN(C(=S)Nc2ccccc2)CC1. The molecule has 0 unspecified atom stereocenters. The summed E-state index contributed by atoms with van der Waals surface area (Å²) in [6.07, 6.45) is 1.34. The van der Waals surface area contributed by atoms with Gasteiger partial charge in [-0.25, -0.2) is 0 Å². The van der Waals surface area contributed by atoms with E-state index in [0.717, 1.165) is 28.8 Å². The number of thiocarbonyl (C=S) groups is 1. The van der Waals surface area contributed by atoms with Gasteiger partial charge in [-0.05, 0) is 54.9 Å². The number of hydrogen-bond donors (Lipinski definition) is 2. The molecule has 23 heavy (non-hydrogen) atoms. The highest BCUT2D eigenvalue weighted by molar-refractivity contribution is 9.10. The van der Waals surface area contributed by atoms with Crippen LogP contribution in [0.25, 0.3) is 0 Å². The molecular formula is C18H19BrN2OS. The van der Waals surface area contributed by atoms with Crippen LogP contribution in [0.3, 0.4) is 0 Å². The predicted octanol–water partition coefficient (Wildman–Crippen LogP) is 4.13. The Kier molecular flexibility index (Phi) is 4.99. The van der Waals surface area contributed by atoms with Gasteiger partial charge in [0.15, 0.2) is 5.11 Å². The van der Waals surface area contributed by atoms with Crippen LogP contribution >= 0.6 is 28.1 Å². The fourth-order valence-corrected chi connectivity index (χ4v) is 3.42. The second-order valence-electron chi connectivity index (χ2n) is 5.82. The lowest BCUT2D eigenvalue weighted by molar-refractivity contribution is -0.0117. The first kappa shape index (κ1) is 16.4. The third-order valence-corrected chi connectivity index (χ3v) is 5.17. The van der Waals surface area contributed by atoms with E-state index in [4.69, 9.17) is 12.2 Å². The minimum Gasteiger partial charge on any atom is -0.385 e. The summed E-state index contributed by atoms with van der Waals surface area (Å²) in [5.74, 6) is 0. The molecule has 0 saturated carbocycles. The number of nitrogens with zero attached hydrogens (tertiary/aromatic N) is 1. The average molecular weight is 391 g/mol. The molecule has 1 fully saturated rings. The summed E-state index contributed by atoms with van der Waals surface area (Å²) in [4.78, 5) is 2.12. The monoisotopic (exact) mass is 390 g/mol. The Labute approximate surface area is 150 Å². The van der Waals surface area contributed by atoms with Gasteiger partial charge in [0.1, 0.15) is 0 Å². The molecule has 1 heterocycles. The normalized spacial score (nSPS) is 16.9. The Balaban J connectivity index is 1.61. The van der Waals surface area contributed by atoms with E-state index in [2.05, 4.69) is 26.1 Å². The zero-order valence-electron chi connectivity index (χ0n) is 12.7. The molecule has 0 amide bonds. The lowest BCUT2D eigenvalue weighted by Crippen LogP contribution is -2.46. The molecule has 3 rings (SSSR count). The zero-order valence-corrected chi connectivity index (χ0v) is 15.1. The highest BCUT2D eigenvalue weighted by atomic mass is 79.9. The summed E-state index contributed by atoms with van der Waals surface area (Å²) in [6, 6.07) is 17.8. The van der Waals surface area contributed by atoms with Crippen molar-refractivity contribution >= 4 is 38.9 Å². The molecule has 0 spiro atoms. The molecule has 2 N–H and O–H groups in total. The third kappa shape index (κ3) is 3.91. The van der Waals surface area contributed by atoms with Crippen LogP contribution in [0.15, 0.2) is 59.1 Å². The summed E-state index contributed by atoms with van der Waals surface area (Å²) in [6.45, 7) is 1.48. The molecule has 0 aliphatic carbocycles. The van der Waals surface area contributed by atoms with Gasteiger partial charge in [-0.2, -0.15) is 0 Å². The van der Waals surface area contributed by atoms with Gasteiger partial charge in [0.25, 0.3) is 0 Å². The Hall–Kier alpha value is -1.43. The van der Waals surface area contributed by atoms with Gasteiger partial charge in [0.2, 0.25) is 0 Å². The lowest BCUT2D eigenvalue weighted by atomic mass is 9.84. The summed E-state index contributed by atoms with van der Waals surface area (Å²) in [5, 5.41) is 14.9. The molecule has 0 aromatic heterocycles. The lowest BCUT2D eigenvalue weighted by Gasteiger charge is -2.39. The second-order valence-corrected chi connectivity index (χ2v) is 7.12. The van der Waals surface area contributed by atoms with Crippen molar-refractivity contribution in [3.05, 3.63) is 64.6 Å². The average Bonchev–Trinajstić information content (AvgIpc) is 2.57. The number of para-hydroxylation sites is 1. The Morgan fingerprint density at radius 2 is 1.65 bits per heavy atom. The summed E-state index contributed by atoms with van der Waals surface area (Å²) in [7, 11) is 0. The molecule has 2 aromatic carbocycles. The molecule has 120 valence electrons. The first-order chi connectivity index (χ1) is 11.1. The number of aliphatic hydroxyl groups is 1. The largest absolute Gasteiger partial charge is 0.385 e. The Bertz CT molecular complexity index is 667. The standard InChI is InChI=1S/C18H19BrN2OS/c19-15-8-6-14(7-9-15)18(22)10-12-21(13-11-18)17(23)20-16-4-2-1-3-5-16/h1-9,22H,10-13H2,(H,20,23). The molecule has 2 aromatic rings. The van der Waals surface area contributed by atoms with Crippen molar-refractivity contribution in [1.82, 2.24) is 4.90 Å². The highest BCUT2D eigenvalue weighted by Crippen LogP contribution is 2.33. The number of hydrogen-bond acceptors (Lipinski definition) is 2. The number of likely N-dealkylation sites (tertiary alicyclic amines) is 1. The molecule has 0 atom stereocenters. The van der Waals surface area contributed by atoms with Gasteiger partial charge < -0.3 is 15.3 Å². The van der Waals surface area contributed by atoms with Gasteiger partial charge in [-0.1, -0.05) is 46.3 Å². The fourth-order valence-electron chi connectivity index (χ4n) is 2.85. The van der Waals surface area contributed by atoms with Crippen molar-refractivity contribution in [3.63, 3.8) is 0 Å². The number of rotatable bonds is 2. The van der Waals surface area contributed by atoms with Crippen LogP contribution in [0, 0.1) is 0 Å². The number of nitrogens with one attached hydrogen (secondary N) is 1. The number of piperidine rings is 1. The zero-order chi connectivity index (χ0) is 16.3. The topological polar surface area (TPSA) is 35.5 Å². The summed E-state index contributed by atoms with van der Waals surface area (Å²) < 4.78 is 1.02. The number of benzene rings is 2. The van der Waals surface area contributed by atoms with E-state index in [0.29, 0.717) is 18.0 Å². The van der Waals surface area contributed by atoms with Crippen molar-refractivity contribution in [2.45, 2.75) is 18.4 Å². The van der Waals surface area contributed by atoms with Crippen molar-refractivity contribution in [3.8, 4) is 0 Å². The summed E-state index contributed by atoms with van der Waals surface area (Å²) >= 11 is 8.92. The molecular weight excluding hydrogens is 372 g/mol. The van der Waals surface area contributed by atoms with E-state index in [1.807, 2.05) is 54.6 Å². The molecule has 1 aliphatic rings. The van der Waals surface area contributed by atoms with Gasteiger partial charge in [0.05, 0.1) is 5.60 Å². The number of halogens is 1. The summed E-state index contributed by atoms with van der Waals surface area (Å²) in [5.41, 5.74) is 1.20. The van der Waals surface area contributed by atoms with E-state index >= 15 is 0 Å². The van der Waals surface area contributed by atoms with Gasteiger partial charge in [-0.3, -0.25) is 0 Å². The maximum absolute atomic E-state index is 10.9. The highest BCUT2D eigenvalue weighted by Gasteiger charge is 2.34. The van der Waals surface area contributed by atoms with Crippen LogP contribution in [-0.2, 0) is 5.60 Å². The Morgan fingerprint density at radius 3 is 2.26 bits per heavy atom. The van der Waals surface area contributed by atoms with Crippen molar-refractivity contribution in [2.24, 2.45) is 0 Å². The van der Waals surface area contributed by atoms with Crippen molar-refractivity contribution in [2.75, 3.05) is 18.4 Å². The quantitative estimate of drug-likeness (QED) is 0.755. The van der Waals surface area contributed by atoms with E-state index < -0.39 is 5.60 Å². The van der Waals surface area contributed by atoms with Crippen molar-refractivity contribution in [1.29, 1.82) is 0 Å². The van der Waals surface area contributed by atoms with E-state index in [1.54, 1.807) is 0 Å². The first-order valence-electron chi connectivity index (χ1n) is 7.66. The second kappa shape index (κ2) is 6.99. The third-order valence-electron chi connectivity index (χ3n) is 4.28. The molecule has 0 bridgehead atoms. The van der Waals surface area contributed by atoms with Crippen LogP contribution in [0.4, 0.5) is 5.69 Å². The van der Waals surface area contributed by atoms with Gasteiger partial charge in [0, 0.05) is 23.2 Å². The maximum Gasteiger partial charge on any atom is 0.173 e. The van der Waals surface area contributed by atoms with Crippen molar-refractivity contribution < 1.29 is 5.11 Å². The molecule has 5 heteroatoms. The van der Waals surface area contributed by atoms with Crippen LogP contribution in [0.5, 0.6) is 0 Å². The van der Waals surface area contributed by atoms with E-state index in [9.17, 15) is 5.11 Å². The number of anilines is 1. The first-order valence-corrected chi connectivity index (χ1v) is 8.86. The smallest absolute Gasteiger partial charge is 0.173 e. The minimum atomic E-state index is -0.764. The van der Waals surface area contributed by atoms with E-state index in [-0.39, 0.29) is 0 Å². The van der Waals surface area contributed by atoms with Crippen LogP contribution in [0.2, 0.25) is 0 Å². The maximum atomic E-state index is 10.9.